The zero-order valence-corrected chi connectivity index (χ0v) is 14.6. The predicted molar refractivity (Wildman–Crippen MR) is 89.3 cm³/mol. The highest BCUT2D eigenvalue weighted by atomic mass is 79.9. The van der Waals surface area contributed by atoms with Crippen molar-refractivity contribution >= 4 is 21.8 Å². The Labute approximate surface area is 135 Å². The molecule has 0 saturated carbocycles. The van der Waals surface area contributed by atoms with Gasteiger partial charge in [-0.2, -0.15) is 0 Å². The van der Waals surface area contributed by atoms with E-state index in [0.717, 1.165) is 10.2 Å². The van der Waals surface area contributed by atoms with Crippen LogP contribution in [-0.4, -0.2) is 37.6 Å². The van der Waals surface area contributed by atoms with E-state index in [4.69, 9.17) is 10.5 Å². The highest BCUT2D eigenvalue weighted by molar-refractivity contribution is 9.10. The van der Waals surface area contributed by atoms with Crippen LogP contribution in [0.2, 0.25) is 0 Å². The van der Waals surface area contributed by atoms with Crippen molar-refractivity contribution < 1.29 is 9.53 Å². The van der Waals surface area contributed by atoms with Crippen molar-refractivity contribution in [1.82, 2.24) is 4.90 Å². The van der Waals surface area contributed by atoms with Gasteiger partial charge in [0.05, 0.1) is 6.61 Å². The van der Waals surface area contributed by atoms with Crippen LogP contribution in [0.25, 0.3) is 0 Å². The Morgan fingerprint density at radius 1 is 1.43 bits per heavy atom. The number of hydrogen-bond donors (Lipinski definition) is 1. The molecular weight excluding hydrogens is 332 g/mol. The van der Waals surface area contributed by atoms with Crippen LogP contribution in [0.4, 0.5) is 0 Å². The maximum Gasteiger partial charge on any atom is 0.222 e. The van der Waals surface area contributed by atoms with E-state index in [-0.39, 0.29) is 11.3 Å². The lowest BCUT2D eigenvalue weighted by molar-refractivity contribution is -0.131. The zero-order chi connectivity index (χ0) is 15.9. The van der Waals surface area contributed by atoms with Gasteiger partial charge in [-0.05, 0) is 36.6 Å². The summed E-state index contributed by atoms with van der Waals surface area (Å²) in [6.45, 7) is 5.90. The summed E-state index contributed by atoms with van der Waals surface area (Å²) in [5.74, 6) is 0.948. The third-order valence-corrected chi connectivity index (χ3v) is 3.74. The molecule has 2 N–H and O–H groups in total. The number of rotatable bonds is 8. The third-order valence-electron chi connectivity index (χ3n) is 3.24. The lowest BCUT2D eigenvalue weighted by atomic mass is 9.93. The summed E-state index contributed by atoms with van der Waals surface area (Å²) in [5, 5.41) is 0. The molecule has 0 saturated heterocycles. The van der Waals surface area contributed by atoms with Crippen LogP contribution in [0.3, 0.4) is 0 Å². The van der Waals surface area contributed by atoms with Crippen molar-refractivity contribution in [2.75, 3.05) is 26.7 Å². The average molecular weight is 357 g/mol. The Bertz CT molecular complexity index is 463. The maximum absolute atomic E-state index is 12.0. The molecule has 0 aliphatic carbocycles. The van der Waals surface area contributed by atoms with Crippen molar-refractivity contribution in [3.8, 4) is 5.75 Å². The first-order valence-corrected chi connectivity index (χ1v) is 7.96. The fourth-order valence-electron chi connectivity index (χ4n) is 1.96. The van der Waals surface area contributed by atoms with Gasteiger partial charge in [0.1, 0.15) is 5.75 Å². The van der Waals surface area contributed by atoms with Crippen LogP contribution < -0.4 is 10.5 Å². The molecule has 5 heteroatoms. The molecule has 0 bridgehead atoms. The first kappa shape index (κ1) is 18.0. The monoisotopic (exact) mass is 356 g/mol. The molecule has 1 rings (SSSR count). The highest BCUT2D eigenvalue weighted by Crippen LogP contribution is 2.18. The number of halogens is 1. The van der Waals surface area contributed by atoms with Gasteiger partial charge in [-0.1, -0.05) is 35.8 Å². The first-order valence-electron chi connectivity index (χ1n) is 7.16. The number of carbonyl (C=O) groups is 1. The van der Waals surface area contributed by atoms with Crippen molar-refractivity contribution in [2.45, 2.75) is 26.7 Å². The lowest BCUT2D eigenvalue weighted by Gasteiger charge is -2.29. The Morgan fingerprint density at radius 3 is 2.76 bits per heavy atom. The van der Waals surface area contributed by atoms with E-state index in [9.17, 15) is 4.79 Å². The second-order valence-corrected chi connectivity index (χ2v) is 6.94. The summed E-state index contributed by atoms with van der Waals surface area (Å²) in [5.41, 5.74) is 5.65. The minimum Gasteiger partial charge on any atom is -0.494 e. The first-order chi connectivity index (χ1) is 9.84. The Balaban J connectivity index is 2.27. The molecule has 0 fully saturated rings. The minimum atomic E-state index is -0.0444. The van der Waals surface area contributed by atoms with Crippen LogP contribution >= 0.6 is 15.9 Å². The fraction of sp³-hybridized carbons (Fsp3) is 0.562. The van der Waals surface area contributed by atoms with E-state index in [1.54, 1.807) is 4.90 Å². The van der Waals surface area contributed by atoms with Gasteiger partial charge >= 0.3 is 0 Å². The molecule has 0 radical (unpaired) electrons. The van der Waals surface area contributed by atoms with E-state index >= 15 is 0 Å². The van der Waals surface area contributed by atoms with E-state index in [2.05, 4.69) is 29.8 Å². The summed E-state index contributed by atoms with van der Waals surface area (Å²) >= 11 is 3.40. The minimum absolute atomic E-state index is 0.0444. The highest BCUT2D eigenvalue weighted by Gasteiger charge is 2.20. The van der Waals surface area contributed by atoms with Crippen LogP contribution in [0, 0.1) is 5.41 Å². The molecule has 1 amide bonds. The molecule has 1 aromatic carbocycles. The molecule has 0 aliphatic heterocycles. The number of amides is 1. The number of nitrogens with zero attached hydrogens (tertiary/aromatic N) is 1. The number of ether oxygens (including phenoxy) is 1. The van der Waals surface area contributed by atoms with E-state index < -0.39 is 0 Å². The Kier molecular flexibility index (Phi) is 7.18. The molecule has 21 heavy (non-hydrogen) atoms. The molecule has 0 aromatic heterocycles. The quantitative estimate of drug-likeness (QED) is 0.728. The predicted octanol–water partition coefficient (Wildman–Crippen LogP) is 3.05. The Morgan fingerprint density at radius 2 is 2.14 bits per heavy atom. The second-order valence-electron chi connectivity index (χ2n) is 6.03. The zero-order valence-electron chi connectivity index (χ0n) is 13.1. The topological polar surface area (TPSA) is 55.6 Å². The summed E-state index contributed by atoms with van der Waals surface area (Å²) in [6, 6.07) is 7.69. The number of hydrogen-bond acceptors (Lipinski definition) is 3. The van der Waals surface area contributed by atoms with Gasteiger partial charge in [-0.3, -0.25) is 4.79 Å². The van der Waals surface area contributed by atoms with Gasteiger partial charge in [0.2, 0.25) is 5.91 Å². The molecule has 0 unspecified atom stereocenters. The SMILES string of the molecule is CN(CC(C)(C)CN)C(=O)CCCOc1cccc(Br)c1. The van der Waals surface area contributed by atoms with Gasteiger partial charge in [0, 0.05) is 24.5 Å². The van der Waals surface area contributed by atoms with E-state index in [1.165, 1.54) is 0 Å². The van der Waals surface area contributed by atoms with Gasteiger partial charge in [0.15, 0.2) is 0 Å². The number of nitrogens with two attached hydrogens (primary N) is 1. The average Bonchev–Trinajstić information content (AvgIpc) is 2.43. The summed E-state index contributed by atoms with van der Waals surface area (Å²) in [7, 11) is 1.83. The Hall–Kier alpha value is -1.07. The third kappa shape index (κ3) is 6.96. The molecule has 0 atom stereocenters. The van der Waals surface area contributed by atoms with Crippen LogP contribution in [0.1, 0.15) is 26.7 Å². The molecular formula is C16H25BrN2O2. The lowest BCUT2D eigenvalue weighted by Crippen LogP contribution is -2.39. The van der Waals surface area contributed by atoms with E-state index in [0.29, 0.717) is 32.5 Å². The normalized spacial score (nSPS) is 11.3. The fourth-order valence-corrected chi connectivity index (χ4v) is 2.33. The molecule has 0 aliphatic rings. The molecule has 0 spiro atoms. The second kappa shape index (κ2) is 8.39. The number of carbonyl (C=O) groups excluding carboxylic acids is 1. The van der Waals surface area contributed by atoms with Crippen LogP contribution in [0.5, 0.6) is 5.75 Å². The van der Waals surface area contributed by atoms with Crippen molar-refractivity contribution in [2.24, 2.45) is 11.1 Å². The van der Waals surface area contributed by atoms with Gasteiger partial charge < -0.3 is 15.4 Å². The summed E-state index contributed by atoms with van der Waals surface area (Å²) in [4.78, 5) is 13.8. The van der Waals surface area contributed by atoms with Gasteiger partial charge in [0.25, 0.3) is 0 Å². The van der Waals surface area contributed by atoms with Crippen molar-refractivity contribution in [3.63, 3.8) is 0 Å². The van der Waals surface area contributed by atoms with Crippen molar-refractivity contribution in [1.29, 1.82) is 0 Å². The smallest absolute Gasteiger partial charge is 0.222 e. The molecule has 4 nitrogen and oxygen atoms in total. The van der Waals surface area contributed by atoms with Crippen LogP contribution in [0.15, 0.2) is 28.7 Å². The van der Waals surface area contributed by atoms with Gasteiger partial charge in [-0.15, -0.1) is 0 Å². The van der Waals surface area contributed by atoms with Gasteiger partial charge in [-0.25, -0.2) is 0 Å². The summed E-state index contributed by atoms with van der Waals surface area (Å²) in [6.07, 6.45) is 1.20. The molecule has 0 heterocycles. The largest absolute Gasteiger partial charge is 0.494 e. The van der Waals surface area contributed by atoms with Crippen molar-refractivity contribution in [3.05, 3.63) is 28.7 Å². The number of benzene rings is 1. The molecule has 1 aromatic rings. The standard InChI is InChI=1S/C16H25BrN2O2/c1-16(2,11-18)12-19(3)15(20)8-5-9-21-14-7-4-6-13(17)10-14/h4,6-7,10H,5,8-9,11-12,18H2,1-3H3. The molecule has 118 valence electrons. The van der Waals surface area contributed by atoms with Crippen LogP contribution in [-0.2, 0) is 4.79 Å². The summed E-state index contributed by atoms with van der Waals surface area (Å²) < 4.78 is 6.60. The van der Waals surface area contributed by atoms with E-state index in [1.807, 2.05) is 31.3 Å². The maximum atomic E-state index is 12.0.